The highest BCUT2D eigenvalue weighted by Gasteiger charge is 2.59. The van der Waals surface area contributed by atoms with E-state index < -0.39 is 11.7 Å². The number of hydrogen-bond acceptors (Lipinski definition) is 4. The Morgan fingerprint density at radius 3 is 3.13 bits per heavy atom. The fourth-order valence-corrected chi connectivity index (χ4v) is 1.58. The van der Waals surface area contributed by atoms with Gasteiger partial charge in [0.1, 0.15) is 5.60 Å². The second kappa shape index (κ2) is 3.62. The van der Waals surface area contributed by atoms with Crippen molar-refractivity contribution in [1.29, 1.82) is 0 Å². The summed E-state index contributed by atoms with van der Waals surface area (Å²) in [6.07, 6.45) is 2.91. The van der Waals surface area contributed by atoms with Crippen molar-refractivity contribution in [2.75, 3.05) is 6.61 Å². The molecular weight excluding hydrogens is 194 g/mol. The molecule has 2 heterocycles. The van der Waals surface area contributed by atoms with E-state index in [4.69, 9.17) is 9.47 Å². The molecular formula is C11H13NO3. The maximum Gasteiger partial charge on any atom is 0.338 e. The topological polar surface area (TPSA) is 51.7 Å². The van der Waals surface area contributed by atoms with Crippen LogP contribution in [0.4, 0.5) is 0 Å². The highest BCUT2D eigenvalue weighted by atomic mass is 16.7. The molecule has 0 aliphatic carbocycles. The summed E-state index contributed by atoms with van der Waals surface area (Å²) in [5, 5.41) is 0. The van der Waals surface area contributed by atoms with Gasteiger partial charge in [0.15, 0.2) is 6.10 Å². The molecule has 1 saturated heterocycles. The Hall–Kier alpha value is -1.42. The van der Waals surface area contributed by atoms with Gasteiger partial charge in [-0.2, -0.15) is 0 Å². The van der Waals surface area contributed by atoms with E-state index in [1.54, 1.807) is 19.3 Å². The number of ether oxygens (including phenoxy) is 2. The van der Waals surface area contributed by atoms with Crippen LogP contribution < -0.4 is 0 Å². The zero-order chi connectivity index (χ0) is 10.9. The number of carbonyl (C=O) groups is 1. The molecule has 1 aliphatic heterocycles. The van der Waals surface area contributed by atoms with Gasteiger partial charge >= 0.3 is 5.97 Å². The van der Waals surface area contributed by atoms with Crippen molar-refractivity contribution in [3.05, 3.63) is 30.1 Å². The van der Waals surface area contributed by atoms with E-state index in [2.05, 4.69) is 4.98 Å². The SMILES string of the molecule is CCOC(=O)[C@H]1O[C@]1(C)c1cccnc1. The molecule has 1 fully saturated rings. The third-order valence-corrected chi connectivity index (χ3v) is 2.54. The summed E-state index contributed by atoms with van der Waals surface area (Å²) < 4.78 is 10.3. The van der Waals surface area contributed by atoms with Crippen molar-refractivity contribution in [3.63, 3.8) is 0 Å². The molecule has 2 rings (SSSR count). The van der Waals surface area contributed by atoms with E-state index in [1.807, 2.05) is 19.1 Å². The van der Waals surface area contributed by atoms with Gasteiger partial charge in [-0.25, -0.2) is 4.79 Å². The molecule has 0 aromatic carbocycles. The van der Waals surface area contributed by atoms with Gasteiger partial charge in [0.05, 0.1) is 6.61 Å². The fraction of sp³-hybridized carbons (Fsp3) is 0.455. The van der Waals surface area contributed by atoms with Crippen LogP contribution in [0.5, 0.6) is 0 Å². The van der Waals surface area contributed by atoms with Gasteiger partial charge in [-0.05, 0) is 19.9 Å². The van der Waals surface area contributed by atoms with Gasteiger partial charge in [0, 0.05) is 18.0 Å². The monoisotopic (exact) mass is 207 g/mol. The summed E-state index contributed by atoms with van der Waals surface area (Å²) in [6, 6.07) is 3.72. The Labute approximate surface area is 88.2 Å². The van der Waals surface area contributed by atoms with E-state index in [0.29, 0.717) is 6.61 Å². The normalized spacial score (nSPS) is 28.5. The summed E-state index contributed by atoms with van der Waals surface area (Å²) in [7, 11) is 0. The molecule has 0 radical (unpaired) electrons. The van der Waals surface area contributed by atoms with Gasteiger partial charge in [0.2, 0.25) is 0 Å². The molecule has 0 amide bonds. The average molecular weight is 207 g/mol. The number of pyridine rings is 1. The number of carbonyl (C=O) groups excluding carboxylic acids is 1. The summed E-state index contributed by atoms with van der Waals surface area (Å²) in [6.45, 7) is 4.02. The number of hydrogen-bond donors (Lipinski definition) is 0. The summed E-state index contributed by atoms with van der Waals surface area (Å²) in [5.41, 5.74) is 0.351. The van der Waals surface area contributed by atoms with E-state index in [1.165, 1.54) is 0 Å². The van der Waals surface area contributed by atoms with E-state index in [0.717, 1.165) is 5.56 Å². The predicted octanol–water partition coefficient (Wildman–Crippen LogP) is 1.26. The number of nitrogens with zero attached hydrogens (tertiary/aromatic N) is 1. The Morgan fingerprint density at radius 1 is 1.73 bits per heavy atom. The molecule has 4 nitrogen and oxygen atoms in total. The second-order valence-electron chi connectivity index (χ2n) is 3.60. The Kier molecular flexibility index (Phi) is 2.44. The molecule has 15 heavy (non-hydrogen) atoms. The maximum atomic E-state index is 11.4. The van der Waals surface area contributed by atoms with Gasteiger partial charge in [-0.15, -0.1) is 0 Å². The second-order valence-corrected chi connectivity index (χ2v) is 3.60. The van der Waals surface area contributed by atoms with E-state index in [9.17, 15) is 4.79 Å². The lowest BCUT2D eigenvalue weighted by Crippen LogP contribution is -2.18. The first-order chi connectivity index (χ1) is 7.18. The summed E-state index contributed by atoms with van der Waals surface area (Å²) in [5.74, 6) is -0.302. The van der Waals surface area contributed by atoms with Crippen LogP contribution in [-0.4, -0.2) is 23.7 Å². The third-order valence-electron chi connectivity index (χ3n) is 2.54. The largest absolute Gasteiger partial charge is 0.464 e. The standard InChI is InChI=1S/C11H13NO3/c1-3-14-10(13)9-11(2,15-9)8-5-4-6-12-7-8/h4-7,9H,3H2,1-2H3/t9-,11-/m1/s1. The van der Waals surface area contributed by atoms with Crippen LogP contribution in [0, 0.1) is 0 Å². The molecule has 0 bridgehead atoms. The molecule has 0 unspecified atom stereocenters. The van der Waals surface area contributed by atoms with Crippen LogP contribution in [0.3, 0.4) is 0 Å². The molecule has 2 atom stereocenters. The van der Waals surface area contributed by atoms with E-state index in [-0.39, 0.29) is 5.97 Å². The molecule has 0 saturated carbocycles. The quantitative estimate of drug-likeness (QED) is 0.553. The van der Waals surface area contributed by atoms with Crippen molar-refractivity contribution in [3.8, 4) is 0 Å². The van der Waals surface area contributed by atoms with Gasteiger partial charge in [-0.1, -0.05) is 6.07 Å². The average Bonchev–Trinajstić information content (AvgIpc) is 2.94. The highest BCUT2D eigenvalue weighted by molar-refractivity contribution is 5.79. The first-order valence-electron chi connectivity index (χ1n) is 4.93. The fourth-order valence-electron chi connectivity index (χ4n) is 1.58. The number of esters is 1. The Bertz CT molecular complexity index is 365. The number of rotatable bonds is 3. The van der Waals surface area contributed by atoms with Crippen LogP contribution in [0.1, 0.15) is 19.4 Å². The zero-order valence-corrected chi connectivity index (χ0v) is 8.77. The van der Waals surface area contributed by atoms with E-state index >= 15 is 0 Å². The Morgan fingerprint density at radius 2 is 2.53 bits per heavy atom. The van der Waals surface area contributed by atoms with Crippen molar-refractivity contribution < 1.29 is 14.3 Å². The predicted molar refractivity (Wildman–Crippen MR) is 53.1 cm³/mol. The van der Waals surface area contributed by atoms with Crippen LogP contribution >= 0.6 is 0 Å². The summed E-state index contributed by atoms with van der Waals surface area (Å²) >= 11 is 0. The summed E-state index contributed by atoms with van der Waals surface area (Å²) in [4.78, 5) is 15.4. The first-order valence-corrected chi connectivity index (χ1v) is 4.93. The van der Waals surface area contributed by atoms with Crippen molar-refractivity contribution >= 4 is 5.97 Å². The van der Waals surface area contributed by atoms with Gasteiger partial charge in [-0.3, -0.25) is 4.98 Å². The minimum absolute atomic E-state index is 0.302. The minimum atomic E-state index is -0.555. The third kappa shape index (κ3) is 1.72. The van der Waals surface area contributed by atoms with Crippen LogP contribution in [0.15, 0.2) is 24.5 Å². The van der Waals surface area contributed by atoms with Gasteiger partial charge < -0.3 is 9.47 Å². The molecule has 1 aliphatic rings. The van der Waals surface area contributed by atoms with Crippen LogP contribution in [-0.2, 0) is 19.9 Å². The molecule has 1 aromatic heterocycles. The first kappa shape index (κ1) is 10.1. The van der Waals surface area contributed by atoms with Crippen LogP contribution in [0.25, 0.3) is 0 Å². The van der Waals surface area contributed by atoms with Crippen molar-refractivity contribution in [2.24, 2.45) is 0 Å². The Balaban J connectivity index is 2.10. The minimum Gasteiger partial charge on any atom is -0.464 e. The van der Waals surface area contributed by atoms with Crippen molar-refractivity contribution in [1.82, 2.24) is 4.98 Å². The number of aromatic nitrogens is 1. The van der Waals surface area contributed by atoms with Crippen molar-refractivity contribution in [2.45, 2.75) is 25.6 Å². The lowest BCUT2D eigenvalue weighted by Gasteiger charge is -2.05. The smallest absolute Gasteiger partial charge is 0.338 e. The molecule has 0 spiro atoms. The maximum absolute atomic E-state index is 11.4. The molecule has 0 N–H and O–H groups in total. The lowest BCUT2D eigenvalue weighted by atomic mass is 9.99. The molecule has 80 valence electrons. The zero-order valence-electron chi connectivity index (χ0n) is 8.77. The van der Waals surface area contributed by atoms with Gasteiger partial charge in [0.25, 0.3) is 0 Å². The highest BCUT2D eigenvalue weighted by Crippen LogP contribution is 2.46. The molecule has 4 heteroatoms. The van der Waals surface area contributed by atoms with Crippen LogP contribution in [0.2, 0.25) is 0 Å². The number of epoxide rings is 1. The lowest BCUT2D eigenvalue weighted by molar-refractivity contribution is -0.144. The molecule has 1 aromatic rings.